The van der Waals surface area contributed by atoms with E-state index in [1.54, 1.807) is 0 Å². The average Bonchev–Trinajstić information content (AvgIpc) is 3.87. The van der Waals surface area contributed by atoms with E-state index in [1.165, 1.54) is 38.9 Å². The first-order chi connectivity index (χ1) is 26.1. The molecule has 53 heavy (non-hydrogen) atoms. The number of rotatable bonds is 5. The second-order valence-corrected chi connectivity index (χ2v) is 14.2. The van der Waals surface area contributed by atoms with Gasteiger partial charge in [0, 0.05) is 38.7 Å². The van der Waals surface area contributed by atoms with E-state index in [4.69, 9.17) is 8.83 Å². The van der Waals surface area contributed by atoms with Crippen molar-refractivity contribution in [1.29, 1.82) is 0 Å². The lowest BCUT2D eigenvalue weighted by Crippen LogP contribution is -2.22. The van der Waals surface area contributed by atoms with Gasteiger partial charge in [-0.25, -0.2) is 0 Å². The third-order valence-electron chi connectivity index (χ3n) is 11.4. The predicted molar refractivity (Wildman–Crippen MR) is 219 cm³/mol. The van der Waals surface area contributed by atoms with Crippen molar-refractivity contribution in [3.05, 3.63) is 199 Å². The first-order valence-corrected chi connectivity index (χ1v) is 18.2. The van der Waals surface area contributed by atoms with Crippen molar-refractivity contribution in [3.63, 3.8) is 0 Å². The fourth-order valence-electron chi connectivity index (χ4n) is 8.75. The van der Waals surface area contributed by atoms with Gasteiger partial charge in [0.25, 0.3) is 0 Å². The predicted octanol–water partition coefficient (Wildman–Crippen LogP) is 14.0. The number of hydrogen-bond donors (Lipinski definition) is 0. The SMILES string of the molecule is CC1(c2ccc3c(c2)oc2cc(N(c4ccc(-c5ccccc5)cc4)c4cccc5c4oc4ccccc45)ccc23)c2ccccc2-c2ccccc21. The highest BCUT2D eigenvalue weighted by atomic mass is 16.3. The van der Waals surface area contributed by atoms with E-state index >= 15 is 0 Å². The van der Waals surface area contributed by atoms with Crippen LogP contribution >= 0.6 is 0 Å². The average molecular weight is 680 g/mol. The molecule has 2 heterocycles. The number of anilines is 3. The van der Waals surface area contributed by atoms with Gasteiger partial charge in [-0.2, -0.15) is 0 Å². The number of furan rings is 2. The van der Waals surface area contributed by atoms with E-state index in [1.807, 2.05) is 12.1 Å². The second-order valence-electron chi connectivity index (χ2n) is 14.2. The molecule has 0 aliphatic heterocycles. The monoisotopic (exact) mass is 679 g/mol. The minimum Gasteiger partial charge on any atom is -0.456 e. The number of fused-ring (bicyclic) bond motifs is 9. The van der Waals surface area contributed by atoms with Gasteiger partial charge in [-0.15, -0.1) is 0 Å². The number of hydrogen-bond acceptors (Lipinski definition) is 3. The zero-order chi connectivity index (χ0) is 35.1. The summed E-state index contributed by atoms with van der Waals surface area (Å²) in [5, 5.41) is 4.39. The van der Waals surface area contributed by atoms with Crippen LogP contribution < -0.4 is 4.90 Å². The Labute approximate surface area is 307 Å². The molecule has 1 aliphatic carbocycles. The standard InChI is InChI=1S/C50H33NO2/c1-50(43-18-8-5-14-37(43)38-15-6-9-19-44(38)50)34-24-28-40-41-29-27-36(31-48(41)52-47(40)30-34)51(35-25-22-33(23-26-35)32-12-3-2-4-13-32)45-20-11-17-42-39-16-7-10-21-46(39)53-49(42)45/h2-31H,1H3. The normalized spacial score (nSPS) is 13.2. The fraction of sp³-hybridized carbons (Fsp3) is 0.0400. The molecule has 10 aromatic rings. The van der Waals surface area contributed by atoms with E-state index in [-0.39, 0.29) is 5.41 Å². The van der Waals surface area contributed by atoms with Crippen LogP contribution in [0.4, 0.5) is 17.1 Å². The highest BCUT2D eigenvalue weighted by Gasteiger charge is 2.40. The number of para-hydroxylation sites is 2. The quantitative estimate of drug-likeness (QED) is 0.181. The van der Waals surface area contributed by atoms with Crippen LogP contribution in [0.5, 0.6) is 0 Å². The van der Waals surface area contributed by atoms with E-state index in [0.717, 1.165) is 60.9 Å². The van der Waals surface area contributed by atoms with Crippen molar-refractivity contribution in [1.82, 2.24) is 0 Å². The number of nitrogens with zero attached hydrogens (tertiary/aromatic N) is 1. The van der Waals surface area contributed by atoms with Crippen molar-refractivity contribution in [3.8, 4) is 22.3 Å². The summed E-state index contributed by atoms with van der Waals surface area (Å²) in [5.74, 6) is 0. The van der Waals surface area contributed by atoms with Gasteiger partial charge in [0.1, 0.15) is 16.7 Å². The Morgan fingerprint density at radius 3 is 1.77 bits per heavy atom. The fourth-order valence-corrected chi connectivity index (χ4v) is 8.75. The summed E-state index contributed by atoms with van der Waals surface area (Å²) in [6.07, 6.45) is 0. The van der Waals surface area contributed by atoms with Gasteiger partial charge in [-0.3, -0.25) is 0 Å². The summed E-state index contributed by atoms with van der Waals surface area (Å²) in [7, 11) is 0. The van der Waals surface area contributed by atoms with Crippen LogP contribution in [0.15, 0.2) is 191 Å². The maximum Gasteiger partial charge on any atom is 0.159 e. The molecule has 3 heteroatoms. The first-order valence-electron chi connectivity index (χ1n) is 18.2. The van der Waals surface area contributed by atoms with Crippen molar-refractivity contribution >= 4 is 60.9 Å². The van der Waals surface area contributed by atoms with Gasteiger partial charge in [0.2, 0.25) is 0 Å². The molecule has 0 spiro atoms. The highest BCUT2D eigenvalue weighted by Crippen LogP contribution is 2.53. The van der Waals surface area contributed by atoms with Gasteiger partial charge in [0.15, 0.2) is 5.58 Å². The zero-order valence-corrected chi connectivity index (χ0v) is 29.1. The zero-order valence-electron chi connectivity index (χ0n) is 29.1. The molecule has 0 radical (unpaired) electrons. The summed E-state index contributed by atoms with van der Waals surface area (Å²) in [6, 6.07) is 64.9. The molecule has 0 N–H and O–H groups in total. The molecule has 0 amide bonds. The lowest BCUT2D eigenvalue weighted by molar-refractivity contribution is 0.662. The minimum atomic E-state index is -0.292. The lowest BCUT2D eigenvalue weighted by Gasteiger charge is -2.28. The molecule has 0 saturated heterocycles. The van der Waals surface area contributed by atoms with Gasteiger partial charge in [-0.05, 0) is 88.3 Å². The topological polar surface area (TPSA) is 29.5 Å². The summed E-state index contributed by atoms with van der Waals surface area (Å²) >= 11 is 0. The Hall–Kier alpha value is -6.84. The molecule has 0 bridgehead atoms. The molecular formula is C50H33NO2. The highest BCUT2D eigenvalue weighted by molar-refractivity contribution is 6.11. The molecule has 1 aliphatic rings. The van der Waals surface area contributed by atoms with Gasteiger partial charge >= 0.3 is 0 Å². The molecule has 0 saturated carbocycles. The van der Waals surface area contributed by atoms with Crippen LogP contribution in [0.25, 0.3) is 66.1 Å². The van der Waals surface area contributed by atoms with Crippen molar-refractivity contribution in [2.45, 2.75) is 12.3 Å². The first kappa shape index (κ1) is 29.8. The number of benzene rings is 8. The maximum absolute atomic E-state index is 6.80. The smallest absolute Gasteiger partial charge is 0.159 e. The summed E-state index contributed by atoms with van der Waals surface area (Å²) in [6.45, 7) is 2.35. The molecule has 11 rings (SSSR count). The Morgan fingerprint density at radius 2 is 1.00 bits per heavy atom. The Balaban J connectivity index is 1.07. The molecule has 0 atom stereocenters. The molecular weight excluding hydrogens is 647 g/mol. The third-order valence-corrected chi connectivity index (χ3v) is 11.4. The Bertz CT molecular complexity index is 2980. The maximum atomic E-state index is 6.80. The van der Waals surface area contributed by atoms with E-state index in [9.17, 15) is 0 Å². The van der Waals surface area contributed by atoms with Crippen LogP contribution in [0.1, 0.15) is 23.6 Å². The van der Waals surface area contributed by atoms with Crippen LogP contribution in [0, 0.1) is 0 Å². The van der Waals surface area contributed by atoms with Crippen molar-refractivity contribution < 1.29 is 8.83 Å². The van der Waals surface area contributed by atoms with Crippen LogP contribution in [-0.4, -0.2) is 0 Å². The third kappa shape index (κ3) is 4.41. The molecule has 2 aromatic heterocycles. The van der Waals surface area contributed by atoms with Gasteiger partial charge < -0.3 is 13.7 Å². The summed E-state index contributed by atoms with van der Waals surface area (Å²) < 4.78 is 13.4. The van der Waals surface area contributed by atoms with Crippen molar-refractivity contribution in [2.75, 3.05) is 4.90 Å². The molecule has 0 unspecified atom stereocenters. The summed E-state index contributed by atoms with van der Waals surface area (Å²) in [5.41, 5.74) is 15.0. The molecule has 3 nitrogen and oxygen atoms in total. The van der Waals surface area contributed by atoms with Crippen molar-refractivity contribution in [2.24, 2.45) is 0 Å². The second kappa shape index (κ2) is 11.3. The molecule has 0 fully saturated rings. The van der Waals surface area contributed by atoms with E-state index in [2.05, 4.69) is 182 Å². The van der Waals surface area contributed by atoms with Crippen LogP contribution in [0.2, 0.25) is 0 Å². The molecule has 8 aromatic carbocycles. The largest absolute Gasteiger partial charge is 0.456 e. The van der Waals surface area contributed by atoms with Crippen LogP contribution in [-0.2, 0) is 5.41 Å². The minimum absolute atomic E-state index is 0.292. The van der Waals surface area contributed by atoms with Gasteiger partial charge in [0.05, 0.1) is 11.4 Å². The van der Waals surface area contributed by atoms with E-state index < -0.39 is 0 Å². The van der Waals surface area contributed by atoms with E-state index in [0.29, 0.717) is 0 Å². The Kier molecular flexibility index (Phi) is 6.38. The summed E-state index contributed by atoms with van der Waals surface area (Å²) in [4.78, 5) is 2.28. The molecule has 250 valence electrons. The van der Waals surface area contributed by atoms with Crippen LogP contribution in [0.3, 0.4) is 0 Å². The lowest BCUT2D eigenvalue weighted by atomic mass is 9.74. The van der Waals surface area contributed by atoms with Gasteiger partial charge in [-0.1, -0.05) is 133 Å². The Morgan fingerprint density at radius 1 is 0.415 bits per heavy atom.